The molecule has 1 aliphatic rings. The average molecular weight is 567 g/mol. The Balaban J connectivity index is 1.55. The first-order chi connectivity index (χ1) is 20.3. The molecule has 1 aliphatic heterocycles. The molecule has 0 bridgehead atoms. The maximum atomic E-state index is 2.64. The summed E-state index contributed by atoms with van der Waals surface area (Å²) in [6.07, 6.45) is 42.1. The summed E-state index contributed by atoms with van der Waals surface area (Å²) in [5.41, 5.74) is 1.47. The summed E-state index contributed by atoms with van der Waals surface area (Å²) >= 11 is 0. The van der Waals surface area contributed by atoms with E-state index in [0.717, 1.165) is 6.42 Å². The van der Waals surface area contributed by atoms with Gasteiger partial charge in [0.25, 0.3) is 0 Å². The predicted molar refractivity (Wildman–Crippen MR) is 183 cm³/mol. The molecule has 0 saturated carbocycles. The molecule has 41 heavy (non-hydrogen) atoms. The topological polar surface area (TPSA) is 6.48 Å². The Bertz CT molecular complexity index is 699. The van der Waals surface area contributed by atoms with Crippen LogP contribution in [-0.4, -0.2) is 29.1 Å². The van der Waals surface area contributed by atoms with Crippen LogP contribution >= 0.6 is 0 Å². The van der Waals surface area contributed by atoms with Gasteiger partial charge in [-0.05, 0) is 18.4 Å². The van der Waals surface area contributed by atoms with Crippen molar-refractivity contribution in [2.45, 2.75) is 187 Å². The van der Waals surface area contributed by atoms with Crippen molar-refractivity contribution in [3.05, 3.63) is 48.3 Å². The number of benzene rings is 1. The second-order valence-corrected chi connectivity index (χ2v) is 13.1. The van der Waals surface area contributed by atoms with Crippen LogP contribution in [0, 0.1) is 0 Å². The van der Waals surface area contributed by atoms with Gasteiger partial charge >= 0.3 is 0 Å². The molecule has 0 saturated heterocycles. The molecule has 1 atom stereocenters. The van der Waals surface area contributed by atoms with Gasteiger partial charge in [-0.15, -0.1) is 0 Å². The van der Waals surface area contributed by atoms with Crippen LogP contribution in [-0.2, 0) is 6.42 Å². The minimum absolute atomic E-state index is 0.502. The highest BCUT2D eigenvalue weighted by atomic mass is 15.4. The molecule has 1 unspecified atom stereocenters. The molecule has 1 aromatic carbocycles. The zero-order chi connectivity index (χ0) is 29.1. The fourth-order valence-electron chi connectivity index (χ4n) is 6.51. The van der Waals surface area contributed by atoms with Crippen LogP contribution in [0.2, 0.25) is 0 Å². The van der Waals surface area contributed by atoms with E-state index in [1.165, 1.54) is 179 Å². The molecule has 0 spiro atoms. The largest absolute Gasteiger partial charge is 0.356 e. The third kappa shape index (κ3) is 18.7. The van der Waals surface area contributed by atoms with Gasteiger partial charge in [-0.2, -0.15) is 0 Å². The first-order valence-electron chi connectivity index (χ1n) is 18.6. The quantitative estimate of drug-likeness (QED) is 0.0890. The van der Waals surface area contributed by atoms with Gasteiger partial charge in [0.15, 0.2) is 0 Å². The van der Waals surface area contributed by atoms with E-state index in [1.54, 1.807) is 0 Å². The monoisotopic (exact) mass is 567 g/mol. The summed E-state index contributed by atoms with van der Waals surface area (Å²) < 4.78 is 0. The summed E-state index contributed by atoms with van der Waals surface area (Å²) in [6, 6.07) is 11.2. The van der Waals surface area contributed by atoms with E-state index < -0.39 is 0 Å². The summed E-state index contributed by atoms with van der Waals surface area (Å²) in [5.74, 6) is 0. The van der Waals surface area contributed by atoms with Crippen LogP contribution in [0.1, 0.15) is 180 Å². The van der Waals surface area contributed by atoms with Crippen LogP contribution in [0.25, 0.3) is 0 Å². The molecule has 0 N–H and O–H groups in total. The van der Waals surface area contributed by atoms with Crippen LogP contribution in [0.4, 0.5) is 0 Å². The number of hydrogen-bond donors (Lipinski definition) is 0. The van der Waals surface area contributed by atoms with Crippen LogP contribution in [0.5, 0.6) is 0 Å². The molecule has 0 radical (unpaired) electrons. The zero-order valence-corrected chi connectivity index (χ0v) is 27.8. The lowest BCUT2D eigenvalue weighted by molar-refractivity contribution is 0.148. The van der Waals surface area contributed by atoms with Gasteiger partial charge in [0, 0.05) is 31.9 Å². The Labute approximate surface area is 257 Å². The van der Waals surface area contributed by atoms with Crippen molar-refractivity contribution in [1.82, 2.24) is 9.80 Å². The van der Waals surface area contributed by atoms with Crippen LogP contribution in [0.3, 0.4) is 0 Å². The SMILES string of the molecule is CCCCCCCCCCCCCCCCN1C=CN(CCCCCCCCCCCCC)C1Cc1ccccc1. The lowest BCUT2D eigenvalue weighted by Crippen LogP contribution is -2.41. The van der Waals surface area contributed by atoms with E-state index in [9.17, 15) is 0 Å². The van der Waals surface area contributed by atoms with Crippen molar-refractivity contribution in [2.75, 3.05) is 13.1 Å². The molecule has 0 fully saturated rings. The zero-order valence-electron chi connectivity index (χ0n) is 27.8. The van der Waals surface area contributed by atoms with Gasteiger partial charge in [0.2, 0.25) is 0 Å². The molecule has 236 valence electrons. The average Bonchev–Trinajstić information content (AvgIpc) is 3.37. The Kier molecular flexibility index (Phi) is 22.9. The number of hydrogen-bond acceptors (Lipinski definition) is 2. The van der Waals surface area contributed by atoms with Gasteiger partial charge < -0.3 is 9.80 Å². The van der Waals surface area contributed by atoms with Crippen molar-refractivity contribution in [1.29, 1.82) is 0 Å². The van der Waals surface area contributed by atoms with Crippen molar-refractivity contribution in [3.8, 4) is 0 Å². The standard InChI is InChI=1S/C39H70N2/c1-3-5-7-9-11-13-15-16-17-19-21-23-25-30-34-41-36-35-40(39(41)37-38-31-27-26-28-32-38)33-29-24-22-20-18-14-12-10-8-6-4-2/h26-28,31-32,35-36,39H,3-25,29-30,33-34,37H2,1-2H3. The van der Waals surface area contributed by atoms with Crippen LogP contribution < -0.4 is 0 Å². The summed E-state index contributed by atoms with van der Waals surface area (Å²) in [4.78, 5) is 5.29. The van der Waals surface area contributed by atoms with Crippen molar-refractivity contribution >= 4 is 0 Å². The van der Waals surface area contributed by atoms with E-state index >= 15 is 0 Å². The van der Waals surface area contributed by atoms with Gasteiger partial charge in [0.05, 0.1) is 0 Å². The van der Waals surface area contributed by atoms with E-state index in [4.69, 9.17) is 0 Å². The number of unbranched alkanes of at least 4 members (excludes halogenated alkanes) is 23. The minimum Gasteiger partial charge on any atom is -0.356 e. The van der Waals surface area contributed by atoms with Gasteiger partial charge in [-0.25, -0.2) is 0 Å². The summed E-state index contributed by atoms with van der Waals surface area (Å²) in [6.45, 7) is 7.03. The molecule has 2 rings (SSSR count). The third-order valence-electron chi connectivity index (χ3n) is 9.27. The van der Waals surface area contributed by atoms with Gasteiger partial charge in [0.1, 0.15) is 6.17 Å². The second kappa shape index (κ2) is 26.2. The molecule has 0 amide bonds. The third-order valence-corrected chi connectivity index (χ3v) is 9.27. The molecule has 1 aromatic rings. The highest BCUT2D eigenvalue weighted by molar-refractivity contribution is 5.17. The normalized spacial score (nSPS) is 14.9. The lowest BCUT2D eigenvalue weighted by Gasteiger charge is -2.33. The van der Waals surface area contributed by atoms with Crippen molar-refractivity contribution in [3.63, 3.8) is 0 Å². The molecule has 2 nitrogen and oxygen atoms in total. The summed E-state index contributed by atoms with van der Waals surface area (Å²) in [7, 11) is 0. The summed E-state index contributed by atoms with van der Waals surface area (Å²) in [5, 5.41) is 0. The smallest absolute Gasteiger partial charge is 0.105 e. The maximum Gasteiger partial charge on any atom is 0.105 e. The second-order valence-electron chi connectivity index (χ2n) is 13.1. The van der Waals surface area contributed by atoms with Gasteiger partial charge in [-0.3, -0.25) is 0 Å². The minimum atomic E-state index is 0.502. The Hall–Kier alpha value is -1.44. The maximum absolute atomic E-state index is 2.64. The first-order valence-corrected chi connectivity index (χ1v) is 18.6. The van der Waals surface area contributed by atoms with E-state index in [1.807, 2.05) is 0 Å². The van der Waals surface area contributed by atoms with E-state index in [-0.39, 0.29) is 0 Å². The molecule has 0 aromatic heterocycles. The fraction of sp³-hybridized carbons (Fsp3) is 0.795. The molecular weight excluding hydrogens is 496 g/mol. The molecular formula is C39H70N2. The molecule has 1 heterocycles. The Morgan fingerprint density at radius 1 is 0.415 bits per heavy atom. The Morgan fingerprint density at radius 2 is 0.732 bits per heavy atom. The number of nitrogens with zero attached hydrogens (tertiary/aromatic N) is 2. The van der Waals surface area contributed by atoms with Crippen LogP contribution in [0.15, 0.2) is 42.7 Å². The van der Waals surface area contributed by atoms with E-state index in [0.29, 0.717) is 6.17 Å². The van der Waals surface area contributed by atoms with Crippen molar-refractivity contribution < 1.29 is 0 Å². The van der Waals surface area contributed by atoms with Crippen molar-refractivity contribution in [2.24, 2.45) is 0 Å². The number of rotatable bonds is 29. The molecule has 2 heteroatoms. The van der Waals surface area contributed by atoms with Gasteiger partial charge in [-0.1, -0.05) is 192 Å². The Morgan fingerprint density at radius 3 is 1.07 bits per heavy atom. The van der Waals surface area contributed by atoms with E-state index in [2.05, 4.69) is 66.4 Å². The fourth-order valence-corrected chi connectivity index (χ4v) is 6.51. The highest BCUT2D eigenvalue weighted by Crippen LogP contribution is 2.23. The highest BCUT2D eigenvalue weighted by Gasteiger charge is 2.25. The predicted octanol–water partition coefficient (Wildman–Crippen LogP) is 12.4. The molecule has 0 aliphatic carbocycles. The lowest BCUT2D eigenvalue weighted by atomic mass is 10.0. The first kappa shape index (κ1) is 35.8.